The van der Waals surface area contributed by atoms with E-state index < -0.39 is 11.9 Å². The van der Waals surface area contributed by atoms with Crippen LogP contribution in [0.5, 0.6) is 5.88 Å². The topological polar surface area (TPSA) is 139 Å². The van der Waals surface area contributed by atoms with Crippen LogP contribution in [-0.4, -0.2) is 76.3 Å². The number of nitrogens with one attached hydrogen (secondary N) is 2. The highest BCUT2D eigenvalue weighted by Gasteiger charge is 2.36. The Morgan fingerprint density at radius 1 is 1.25 bits per heavy atom. The van der Waals surface area contributed by atoms with Gasteiger partial charge >= 0.3 is 0 Å². The monoisotopic (exact) mass is 566 g/mol. The zero-order valence-electron chi connectivity index (χ0n) is 22.3. The van der Waals surface area contributed by atoms with Crippen LogP contribution in [0.25, 0.3) is 11.3 Å². The molecular formula is C28H31ClN6O5. The minimum atomic E-state index is -0.742. The highest BCUT2D eigenvalue weighted by Crippen LogP contribution is 2.37. The van der Waals surface area contributed by atoms with Crippen molar-refractivity contribution in [2.75, 3.05) is 38.8 Å². The number of ether oxygens (including phenoxy) is 2. The lowest BCUT2D eigenvalue weighted by atomic mass is 10.0. The summed E-state index contributed by atoms with van der Waals surface area (Å²) in [6, 6.07) is 9.74. The summed E-state index contributed by atoms with van der Waals surface area (Å²) in [7, 11) is 1.49. The van der Waals surface area contributed by atoms with Gasteiger partial charge in [0.25, 0.3) is 5.91 Å². The maximum absolute atomic E-state index is 13.4. The molecule has 5 rings (SSSR count). The van der Waals surface area contributed by atoms with E-state index in [0.717, 1.165) is 18.4 Å². The molecule has 0 spiro atoms. The van der Waals surface area contributed by atoms with Crippen molar-refractivity contribution < 1.29 is 24.2 Å². The molecule has 1 aromatic carbocycles. The van der Waals surface area contributed by atoms with Crippen molar-refractivity contribution in [3.05, 3.63) is 64.4 Å². The number of rotatable bonds is 9. The highest BCUT2D eigenvalue weighted by atomic mass is 35.5. The largest absolute Gasteiger partial charge is 0.481 e. The molecule has 2 atom stereocenters. The molecule has 0 saturated carbocycles. The quantitative estimate of drug-likeness (QED) is 0.356. The Morgan fingerprint density at radius 3 is 2.80 bits per heavy atom. The van der Waals surface area contributed by atoms with Crippen molar-refractivity contribution in [2.45, 2.75) is 37.9 Å². The van der Waals surface area contributed by atoms with E-state index in [-0.39, 0.29) is 31.1 Å². The van der Waals surface area contributed by atoms with E-state index in [1.165, 1.54) is 12.0 Å². The first-order valence-electron chi connectivity index (χ1n) is 13.1. The van der Waals surface area contributed by atoms with Crippen molar-refractivity contribution in [1.82, 2.24) is 25.2 Å². The van der Waals surface area contributed by atoms with Gasteiger partial charge in [-0.15, -0.1) is 0 Å². The van der Waals surface area contributed by atoms with Crippen LogP contribution in [0, 0.1) is 0 Å². The Balaban J connectivity index is 1.30. The van der Waals surface area contributed by atoms with Crippen molar-refractivity contribution >= 4 is 29.4 Å². The number of hydrogen-bond donors (Lipinski definition) is 3. The SMILES string of the molecule is COc1cccc([C@@H](CO)NC(=O)CN2C(=O)c3cc(-c4nc(NC5CCOCC5)ncc4Cl)ccc3C2C)n1. The molecule has 1 fully saturated rings. The molecule has 40 heavy (non-hydrogen) atoms. The van der Waals surface area contributed by atoms with E-state index in [1.54, 1.807) is 30.5 Å². The van der Waals surface area contributed by atoms with Crippen LogP contribution in [0.2, 0.25) is 5.02 Å². The molecule has 210 valence electrons. The van der Waals surface area contributed by atoms with Crippen LogP contribution in [0.3, 0.4) is 0 Å². The molecule has 0 bridgehead atoms. The number of pyridine rings is 1. The molecule has 12 heteroatoms. The molecule has 2 aromatic heterocycles. The Hall–Kier alpha value is -3.80. The summed E-state index contributed by atoms with van der Waals surface area (Å²) in [4.78, 5) is 41.1. The number of aliphatic hydroxyl groups excluding tert-OH is 1. The lowest BCUT2D eigenvalue weighted by Gasteiger charge is -2.23. The Morgan fingerprint density at radius 2 is 2.05 bits per heavy atom. The maximum Gasteiger partial charge on any atom is 0.255 e. The van der Waals surface area contributed by atoms with Gasteiger partial charge in [-0.1, -0.05) is 29.8 Å². The first kappa shape index (κ1) is 27.8. The Kier molecular flexibility index (Phi) is 8.43. The highest BCUT2D eigenvalue weighted by molar-refractivity contribution is 6.33. The number of nitrogens with zero attached hydrogens (tertiary/aromatic N) is 4. The van der Waals surface area contributed by atoms with Crippen molar-refractivity contribution in [3.63, 3.8) is 0 Å². The molecule has 3 N–H and O–H groups in total. The number of aromatic nitrogens is 3. The summed E-state index contributed by atoms with van der Waals surface area (Å²) in [5.74, 6) is 0.147. The molecule has 2 aliphatic heterocycles. The number of halogens is 1. The molecule has 11 nitrogen and oxygen atoms in total. The number of hydrogen-bond acceptors (Lipinski definition) is 9. The van der Waals surface area contributed by atoms with Gasteiger partial charge in [-0.25, -0.2) is 15.0 Å². The number of methoxy groups -OCH3 is 1. The number of aliphatic hydroxyl groups is 1. The fourth-order valence-corrected chi connectivity index (χ4v) is 5.17. The summed E-state index contributed by atoms with van der Waals surface area (Å²) in [6.45, 7) is 2.71. The number of amides is 2. The number of anilines is 1. The molecule has 2 amide bonds. The van der Waals surface area contributed by atoms with Gasteiger partial charge in [-0.2, -0.15) is 0 Å². The summed E-state index contributed by atoms with van der Waals surface area (Å²) >= 11 is 6.46. The predicted octanol–water partition coefficient (Wildman–Crippen LogP) is 3.16. The lowest BCUT2D eigenvalue weighted by molar-refractivity contribution is -0.123. The molecule has 4 heterocycles. The zero-order valence-corrected chi connectivity index (χ0v) is 23.0. The minimum absolute atomic E-state index is 0.183. The van der Waals surface area contributed by atoms with E-state index in [9.17, 15) is 14.7 Å². The Bertz CT molecular complexity index is 1400. The standard InChI is InChI=1S/C28H31ClN6O5/c1-16-19-7-6-17(26-21(29)13-30-28(34-26)31-18-8-10-40-11-9-18)12-20(19)27(38)35(16)14-24(37)32-23(15-36)22-4-3-5-25(33-22)39-2/h3-7,12-13,16,18,23,36H,8-11,14-15H2,1-2H3,(H,32,37)(H,30,31,34)/t16?,23-/m1/s1. The second kappa shape index (κ2) is 12.2. The van der Waals surface area contributed by atoms with Crippen molar-refractivity contribution in [3.8, 4) is 17.1 Å². The van der Waals surface area contributed by atoms with E-state index in [4.69, 9.17) is 21.1 Å². The molecule has 0 aliphatic carbocycles. The summed E-state index contributed by atoms with van der Waals surface area (Å²) in [5.41, 5.74) is 2.94. The van der Waals surface area contributed by atoms with Gasteiger partial charge in [0.15, 0.2) is 0 Å². The second-order valence-electron chi connectivity index (χ2n) is 9.74. The van der Waals surface area contributed by atoms with Crippen LogP contribution < -0.4 is 15.4 Å². The third kappa shape index (κ3) is 5.86. The van der Waals surface area contributed by atoms with Crippen LogP contribution >= 0.6 is 11.6 Å². The van der Waals surface area contributed by atoms with Gasteiger partial charge in [0.05, 0.1) is 48.4 Å². The van der Waals surface area contributed by atoms with Gasteiger partial charge in [-0.3, -0.25) is 9.59 Å². The number of fused-ring (bicyclic) bond motifs is 1. The van der Waals surface area contributed by atoms with Gasteiger partial charge in [0.2, 0.25) is 17.7 Å². The normalized spacial score (nSPS) is 17.9. The smallest absolute Gasteiger partial charge is 0.255 e. The molecule has 3 aromatic rings. The van der Waals surface area contributed by atoms with Crippen LogP contribution in [0.15, 0.2) is 42.6 Å². The van der Waals surface area contributed by atoms with Gasteiger partial charge in [-0.05, 0) is 37.5 Å². The van der Waals surface area contributed by atoms with Gasteiger partial charge < -0.3 is 30.1 Å². The zero-order chi connectivity index (χ0) is 28.2. The van der Waals surface area contributed by atoms with Gasteiger partial charge in [0, 0.05) is 36.4 Å². The third-order valence-corrected chi connectivity index (χ3v) is 7.45. The molecule has 0 radical (unpaired) electrons. The minimum Gasteiger partial charge on any atom is -0.481 e. The summed E-state index contributed by atoms with van der Waals surface area (Å²) < 4.78 is 10.5. The van der Waals surface area contributed by atoms with E-state index in [0.29, 0.717) is 52.6 Å². The predicted molar refractivity (Wildman–Crippen MR) is 148 cm³/mol. The average Bonchev–Trinajstić information content (AvgIpc) is 3.21. The lowest BCUT2D eigenvalue weighted by Crippen LogP contribution is -2.41. The fraction of sp³-hybridized carbons (Fsp3) is 0.393. The Labute approximate surface area is 236 Å². The van der Waals surface area contributed by atoms with E-state index >= 15 is 0 Å². The maximum atomic E-state index is 13.4. The van der Waals surface area contributed by atoms with Crippen LogP contribution in [0.4, 0.5) is 5.95 Å². The fourth-order valence-electron chi connectivity index (χ4n) is 4.97. The first-order chi connectivity index (χ1) is 19.4. The summed E-state index contributed by atoms with van der Waals surface area (Å²) in [6.07, 6.45) is 3.28. The average molecular weight is 567 g/mol. The van der Waals surface area contributed by atoms with Gasteiger partial charge in [0.1, 0.15) is 6.54 Å². The number of benzene rings is 1. The van der Waals surface area contributed by atoms with Crippen molar-refractivity contribution in [1.29, 1.82) is 0 Å². The van der Waals surface area contributed by atoms with E-state index in [1.807, 2.05) is 19.1 Å². The number of carbonyl (C=O) groups is 2. The second-order valence-corrected chi connectivity index (χ2v) is 10.1. The third-order valence-electron chi connectivity index (χ3n) is 7.18. The first-order valence-corrected chi connectivity index (χ1v) is 13.5. The molecule has 1 unspecified atom stereocenters. The van der Waals surface area contributed by atoms with Crippen molar-refractivity contribution in [2.24, 2.45) is 0 Å². The molecule has 1 saturated heterocycles. The molecular weight excluding hydrogens is 536 g/mol. The van der Waals surface area contributed by atoms with E-state index in [2.05, 4.69) is 25.6 Å². The number of carbonyl (C=O) groups excluding carboxylic acids is 2. The van der Waals surface area contributed by atoms with Crippen LogP contribution in [0.1, 0.15) is 53.5 Å². The van der Waals surface area contributed by atoms with Crippen LogP contribution in [-0.2, 0) is 9.53 Å². The summed E-state index contributed by atoms with van der Waals surface area (Å²) in [5, 5.41) is 16.3. The molecule has 2 aliphatic rings.